The van der Waals surface area contributed by atoms with Gasteiger partial charge in [-0.05, 0) is 60.9 Å². The van der Waals surface area contributed by atoms with Crippen LogP contribution in [0.4, 0.5) is 11.4 Å². The van der Waals surface area contributed by atoms with Crippen molar-refractivity contribution in [3.63, 3.8) is 0 Å². The molecule has 52 heavy (non-hydrogen) atoms. The predicted molar refractivity (Wildman–Crippen MR) is 212 cm³/mol. The number of methoxy groups -OCH3 is 1. The van der Waals surface area contributed by atoms with Gasteiger partial charge in [-0.3, -0.25) is 4.79 Å². The molecule has 2 aliphatic rings. The molecule has 0 radical (unpaired) electrons. The van der Waals surface area contributed by atoms with E-state index in [0.717, 1.165) is 62.2 Å². The van der Waals surface area contributed by atoms with Gasteiger partial charge in [0.05, 0.1) is 31.6 Å². The molecule has 0 spiro atoms. The number of nitrogens with zero attached hydrogens (tertiary/aromatic N) is 4. The first kappa shape index (κ1) is 34.9. The summed E-state index contributed by atoms with van der Waals surface area (Å²) in [6.45, 7) is 10.8. The molecule has 1 aliphatic heterocycles. The first-order chi connectivity index (χ1) is 25.4. The fourth-order valence-corrected chi connectivity index (χ4v) is 7.36. The molecule has 8 nitrogen and oxygen atoms in total. The average molecular weight is 712 g/mol. The Morgan fingerprint density at radius 3 is 2.31 bits per heavy atom. The number of aromatic nitrogens is 2. The van der Waals surface area contributed by atoms with Gasteiger partial charge >= 0.3 is 0 Å². The van der Waals surface area contributed by atoms with E-state index >= 15 is 0 Å². The van der Waals surface area contributed by atoms with Crippen molar-refractivity contribution in [3.05, 3.63) is 148 Å². The molecule has 0 fully saturated rings. The van der Waals surface area contributed by atoms with Crippen molar-refractivity contribution in [2.24, 2.45) is 0 Å². The van der Waals surface area contributed by atoms with Gasteiger partial charge in [0, 0.05) is 47.3 Å². The minimum absolute atomic E-state index is 0.0386. The normalized spacial score (nSPS) is 15.5. The van der Waals surface area contributed by atoms with Crippen molar-refractivity contribution in [1.82, 2.24) is 4.57 Å². The number of fused-ring (bicyclic) bond motifs is 2. The van der Waals surface area contributed by atoms with Crippen LogP contribution in [0.2, 0.25) is 0 Å². The number of imidazole rings is 1. The summed E-state index contributed by atoms with van der Waals surface area (Å²) in [5.74, 6) is 3.15. The smallest absolute Gasteiger partial charge is 0.283 e. The minimum atomic E-state index is -0.0762. The minimum Gasteiger partial charge on any atom is -0.497 e. The number of rotatable bonds is 13. The van der Waals surface area contributed by atoms with Crippen LogP contribution in [0.1, 0.15) is 36.4 Å². The number of ketones is 1. The molecule has 9 heteroatoms. The van der Waals surface area contributed by atoms with Gasteiger partial charge in [-0.25, -0.2) is 9.13 Å². The summed E-state index contributed by atoms with van der Waals surface area (Å²) < 4.78 is 16.2. The number of ether oxygens (including phenoxy) is 2. The molecule has 7 rings (SSSR count). The Kier molecular flexibility index (Phi) is 10.1. The number of β-amino-alcohol motifs (C(OH)–C–C–N with tert-alkyl or cyclic N) is 1. The summed E-state index contributed by atoms with van der Waals surface area (Å²) in [4.78, 5) is 18.9. The lowest BCUT2D eigenvalue weighted by atomic mass is 9.89. The standard InChI is InChI=1S/C43H42N4O4S/c1-5-29-13-15-30(16-14-29)27-47-37-20-18-33(51-28-31-11-9-8-10-12-31)24-39(37)45(7-3)41(47)26-35-42(49)34(43(35)52)25-40-44(6-2)38-23-32(50-4)17-19-36(38)46(40)21-22-48/h5,8-20,23-26,48H,1,6-7,21-22,27-28H2,2-4H3/p+1. The highest BCUT2D eigenvalue weighted by molar-refractivity contribution is 7.85. The van der Waals surface area contributed by atoms with Gasteiger partial charge in [-0.15, -0.1) is 12.6 Å². The second-order valence-corrected chi connectivity index (χ2v) is 13.1. The molecule has 0 atom stereocenters. The van der Waals surface area contributed by atoms with Crippen molar-refractivity contribution < 1.29 is 23.9 Å². The Bertz CT molecular complexity index is 2250. The van der Waals surface area contributed by atoms with Crippen LogP contribution < -0.4 is 23.8 Å². The van der Waals surface area contributed by atoms with E-state index in [1.54, 1.807) is 7.11 Å². The van der Waals surface area contributed by atoms with E-state index in [0.29, 0.717) is 48.8 Å². The van der Waals surface area contributed by atoms with Gasteiger partial charge in [-0.2, -0.15) is 0 Å². The van der Waals surface area contributed by atoms with Gasteiger partial charge in [0.25, 0.3) is 5.82 Å². The third-order valence-corrected chi connectivity index (χ3v) is 10.2. The predicted octanol–water partition coefficient (Wildman–Crippen LogP) is 7.56. The molecule has 264 valence electrons. The SMILES string of the molecule is C=Cc1ccc(C[n+]2c(/C=C3/C(=O)C(/C=C4/N(CC)c5cc(OC)ccc5N4CCO)=C3S)n(CC)c3cc(OCc4ccccc4)ccc32)cc1. The molecule has 4 aromatic carbocycles. The third-order valence-electron chi connectivity index (χ3n) is 9.71. The topological polar surface area (TPSA) is 71.0 Å². The number of benzene rings is 4. The van der Waals surface area contributed by atoms with E-state index < -0.39 is 0 Å². The number of aliphatic hydroxyl groups is 1. The molecular weight excluding hydrogens is 669 g/mol. The quantitative estimate of drug-likeness (QED) is 0.0747. The summed E-state index contributed by atoms with van der Waals surface area (Å²) in [7, 11) is 1.65. The number of hydrogen-bond donors (Lipinski definition) is 2. The van der Waals surface area contributed by atoms with Crippen LogP contribution >= 0.6 is 12.6 Å². The zero-order chi connectivity index (χ0) is 36.4. The van der Waals surface area contributed by atoms with E-state index in [1.165, 1.54) is 0 Å². The molecule has 2 heterocycles. The van der Waals surface area contributed by atoms with Crippen LogP contribution in [0.5, 0.6) is 11.5 Å². The Morgan fingerprint density at radius 1 is 0.865 bits per heavy atom. The van der Waals surface area contributed by atoms with E-state index in [4.69, 9.17) is 22.1 Å². The molecular formula is C43H43N4O4S+. The molecule has 5 aromatic rings. The van der Waals surface area contributed by atoms with Crippen LogP contribution in [0.25, 0.3) is 23.2 Å². The highest BCUT2D eigenvalue weighted by atomic mass is 32.1. The van der Waals surface area contributed by atoms with Gasteiger partial charge in [0.15, 0.2) is 16.8 Å². The molecule has 0 amide bonds. The Morgan fingerprint density at radius 2 is 1.63 bits per heavy atom. The van der Waals surface area contributed by atoms with Gasteiger partial charge in [0.2, 0.25) is 0 Å². The molecule has 1 N–H and O–H groups in total. The van der Waals surface area contributed by atoms with Crippen LogP contribution in [0, 0.1) is 0 Å². The zero-order valence-electron chi connectivity index (χ0n) is 29.8. The molecule has 0 bridgehead atoms. The summed E-state index contributed by atoms with van der Waals surface area (Å²) in [5, 5.41) is 9.98. The number of aliphatic hydroxyl groups excluding tert-OH is 1. The number of hydrogen-bond acceptors (Lipinski definition) is 7. The molecule has 1 aromatic heterocycles. The maximum atomic E-state index is 14.1. The molecule has 0 saturated heterocycles. The lowest BCUT2D eigenvalue weighted by Gasteiger charge is -2.27. The largest absolute Gasteiger partial charge is 0.497 e. The third kappa shape index (κ3) is 6.42. The first-order valence-electron chi connectivity index (χ1n) is 17.6. The fraction of sp³-hybridized carbons (Fsp3) is 0.209. The average Bonchev–Trinajstić information content (AvgIpc) is 3.64. The number of Topliss-reactive ketones (excluding diaryl/α,β-unsaturated/α-hetero) is 1. The highest BCUT2D eigenvalue weighted by Gasteiger charge is 2.37. The van der Waals surface area contributed by atoms with Crippen molar-refractivity contribution in [2.45, 2.75) is 33.5 Å². The number of aryl methyl sites for hydroxylation is 1. The van der Waals surface area contributed by atoms with Gasteiger partial charge < -0.3 is 24.4 Å². The number of carbonyl (C=O) groups excluding carboxylic acids is 1. The lowest BCUT2D eigenvalue weighted by Crippen LogP contribution is -2.37. The summed E-state index contributed by atoms with van der Waals surface area (Å²) in [6, 6.07) is 30.6. The maximum absolute atomic E-state index is 14.1. The van der Waals surface area contributed by atoms with E-state index in [1.807, 2.05) is 65.6 Å². The fourth-order valence-electron chi connectivity index (χ4n) is 7.03. The lowest BCUT2D eigenvalue weighted by molar-refractivity contribution is -0.665. The molecule has 1 aliphatic carbocycles. The summed E-state index contributed by atoms with van der Waals surface area (Å²) in [6.07, 6.45) is 5.71. The number of anilines is 2. The zero-order valence-corrected chi connectivity index (χ0v) is 30.6. The van der Waals surface area contributed by atoms with Crippen LogP contribution in [0.15, 0.2) is 126 Å². The Labute approximate surface area is 310 Å². The second-order valence-electron chi connectivity index (χ2n) is 12.7. The summed E-state index contributed by atoms with van der Waals surface area (Å²) >= 11 is 4.92. The van der Waals surface area contributed by atoms with Crippen LogP contribution in [-0.4, -0.2) is 42.3 Å². The van der Waals surface area contributed by atoms with Crippen molar-refractivity contribution in [2.75, 3.05) is 36.6 Å². The van der Waals surface area contributed by atoms with Gasteiger partial charge in [-0.1, -0.05) is 67.3 Å². The van der Waals surface area contributed by atoms with E-state index in [-0.39, 0.29) is 12.4 Å². The monoisotopic (exact) mass is 711 g/mol. The van der Waals surface area contributed by atoms with Crippen LogP contribution in [-0.2, 0) is 24.5 Å². The number of carbonyl (C=O) groups is 1. The molecule has 0 unspecified atom stereocenters. The first-order valence-corrected chi connectivity index (χ1v) is 18.0. The van der Waals surface area contributed by atoms with Crippen molar-refractivity contribution in [1.29, 1.82) is 0 Å². The molecule has 0 saturated carbocycles. The number of thiol groups is 1. The van der Waals surface area contributed by atoms with E-state index in [2.05, 4.69) is 83.0 Å². The van der Waals surface area contributed by atoms with Crippen LogP contribution in [0.3, 0.4) is 0 Å². The highest BCUT2D eigenvalue weighted by Crippen LogP contribution is 2.45. The summed E-state index contributed by atoms with van der Waals surface area (Å²) in [5.41, 5.74) is 8.34. The second kappa shape index (κ2) is 15.0. The Hall–Kier alpha value is -5.51. The maximum Gasteiger partial charge on any atom is 0.283 e. The van der Waals surface area contributed by atoms with E-state index in [9.17, 15) is 9.90 Å². The van der Waals surface area contributed by atoms with Crippen molar-refractivity contribution in [3.8, 4) is 11.5 Å². The van der Waals surface area contributed by atoms with Gasteiger partial charge in [0.1, 0.15) is 30.5 Å². The number of allylic oxidation sites excluding steroid dienone is 3. The van der Waals surface area contributed by atoms with Crippen molar-refractivity contribution >= 4 is 53.0 Å². The Balaban J connectivity index is 1.30.